The van der Waals surface area contributed by atoms with Crippen LogP contribution in [0.15, 0.2) is 42.5 Å². The van der Waals surface area contributed by atoms with E-state index in [-0.39, 0.29) is 46.0 Å². The quantitative estimate of drug-likeness (QED) is 0.260. The van der Waals surface area contributed by atoms with Crippen LogP contribution in [0.5, 0.6) is 11.8 Å². The average Bonchev–Trinajstić information content (AvgIpc) is 3.32. The first-order valence-electron chi connectivity index (χ1n) is 15.6. The highest BCUT2D eigenvalue weighted by atomic mass is 35.5. The van der Waals surface area contributed by atoms with Crippen molar-refractivity contribution in [3.63, 3.8) is 0 Å². The molecule has 5 atom stereocenters. The zero-order chi connectivity index (χ0) is 30.5. The van der Waals surface area contributed by atoms with Gasteiger partial charge in [0.2, 0.25) is 0 Å². The lowest BCUT2D eigenvalue weighted by atomic mass is 9.96. The number of benzene rings is 3. The topological polar surface area (TPSA) is 83.0 Å². The molecule has 0 amide bonds. The van der Waals surface area contributed by atoms with Crippen molar-refractivity contribution in [1.82, 2.24) is 20.2 Å². The number of halogens is 2. The SMILES string of the molecule is C[C@@H](COc1nc(N2CC3CCC(C2)N3)c2cc(Cl)c(-c3cc(O)cc4ccccc34)c(F)c2n1)CN1C[C@H](C)O[C@@H](C)C1. The predicted octanol–water partition coefficient (Wildman–Crippen LogP) is 6.01. The summed E-state index contributed by atoms with van der Waals surface area (Å²) in [5.74, 6) is 0.324. The van der Waals surface area contributed by atoms with E-state index in [1.54, 1.807) is 18.2 Å². The fourth-order valence-electron chi connectivity index (χ4n) is 7.33. The number of hydrogen-bond donors (Lipinski definition) is 2. The standard InChI is InChI=1S/C34H39ClFN5O3/c1-19(13-40-14-20(2)44-21(3)15-40)18-43-34-38-32-28(33(39-34)41-16-23-8-9-24(17-41)37-23)12-29(35)30(31(32)36)27-11-25(42)10-22-6-4-5-7-26(22)27/h4-7,10-12,19-21,23-24,37,42H,8-9,13-18H2,1-3H3/t19-,20+,21+,23?,24?/m1/s1. The van der Waals surface area contributed by atoms with Crippen molar-refractivity contribution in [2.45, 2.75) is 57.9 Å². The van der Waals surface area contributed by atoms with Crippen LogP contribution in [0, 0.1) is 11.7 Å². The van der Waals surface area contributed by atoms with Gasteiger partial charge in [-0.05, 0) is 61.2 Å². The number of phenolic OH excluding ortho intramolecular Hbond substituents is 1. The molecule has 1 aromatic heterocycles. The van der Waals surface area contributed by atoms with Crippen molar-refractivity contribution in [2.75, 3.05) is 44.2 Å². The first kappa shape index (κ1) is 29.5. The minimum atomic E-state index is -0.556. The number of piperazine rings is 1. The lowest BCUT2D eigenvalue weighted by Gasteiger charge is -2.36. The summed E-state index contributed by atoms with van der Waals surface area (Å²) in [7, 11) is 0. The molecule has 0 spiro atoms. The second-order valence-electron chi connectivity index (χ2n) is 12.9. The number of rotatable bonds is 7. The van der Waals surface area contributed by atoms with Gasteiger partial charge in [-0.15, -0.1) is 0 Å². The third-order valence-electron chi connectivity index (χ3n) is 9.04. The van der Waals surface area contributed by atoms with E-state index in [1.165, 1.54) is 0 Å². The number of anilines is 1. The van der Waals surface area contributed by atoms with Crippen LogP contribution in [-0.4, -0.2) is 83.6 Å². The number of nitrogens with zero attached hydrogens (tertiary/aromatic N) is 4. The van der Waals surface area contributed by atoms with Crippen molar-refractivity contribution in [3.05, 3.63) is 53.3 Å². The van der Waals surface area contributed by atoms with Crippen LogP contribution in [0.1, 0.15) is 33.6 Å². The molecule has 3 aromatic carbocycles. The van der Waals surface area contributed by atoms with Gasteiger partial charge in [-0.2, -0.15) is 9.97 Å². The van der Waals surface area contributed by atoms with Crippen molar-refractivity contribution in [1.29, 1.82) is 0 Å². The molecule has 8 nitrogen and oxygen atoms in total. The van der Waals surface area contributed by atoms with Gasteiger partial charge in [0, 0.05) is 61.7 Å². The highest BCUT2D eigenvalue weighted by Gasteiger charge is 2.34. The van der Waals surface area contributed by atoms with Gasteiger partial charge in [-0.25, -0.2) is 4.39 Å². The molecule has 0 aliphatic carbocycles. The van der Waals surface area contributed by atoms with Crippen LogP contribution in [0.2, 0.25) is 5.02 Å². The van der Waals surface area contributed by atoms with Crippen LogP contribution >= 0.6 is 11.6 Å². The van der Waals surface area contributed by atoms with E-state index in [0.717, 1.165) is 56.3 Å². The Morgan fingerprint density at radius 1 is 1.05 bits per heavy atom. The van der Waals surface area contributed by atoms with Crippen molar-refractivity contribution in [3.8, 4) is 22.9 Å². The first-order chi connectivity index (χ1) is 21.2. The summed E-state index contributed by atoms with van der Waals surface area (Å²) in [5.41, 5.74) is 0.868. The Labute approximate surface area is 262 Å². The summed E-state index contributed by atoms with van der Waals surface area (Å²) in [5, 5.41) is 16.5. The number of morpholine rings is 1. The van der Waals surface area contributed by atoms with Gasteiger partial charge < -0.3 is 24.8 Å². The van der Waals surface area contributed by atoms with E-state index in [2.05, 4.69) is 40.9 Å². The predicted molar refractivity (Wildman–Crippen MR) is 172 cm³/mol. The third kappa shape index (κ3) is 5.78. The highest BCUT2D eigenvalue weighted by molar-refractivity contribution is 6.35. The van der Waals surface area contributed by atoms with Crippen LogP contribution in [0.4, 0.5) is 10.2 Å². The summed E-state index contributed by atoms with van der Waals surface area (Å²) in [6, 6.07) is 13.4. The lowest BCUT2D eigenvalue weighted by Crippen LogP contribution is -2.51. The van der Waals surface area contributed by atoms with Gasteiger partial charge in [0.1, 0.15) is 17.1 Å². The van der Waals surface area contributed by atoms with Crippen LogP contribution in [0.25, 0.3) is 32.8 Å². The van der Waals surface area contributed by atoms with E-state index in [1.807, 2.05) is 24.3 Å². The monoisotopic (exact) mass is 619 g/mol. The van der Waals surface area contributed by atoms with Gasteiger partial charge in [-0.1, -0.05) is 42.8 Å². The Bertz CT molecular complexity index is 1680. The molecule has 2 bridgehead atoms. The molecule has 7 rings (SSSR count). The number of ether oxygens (including phenoxy) is 2. The largest absolute Gasteiger partial charge is 0.508 e. The number of phenols is 1. The van der Waals surface area contributed by atoms with Gasteiger partial charge in [0.05, 0.1) is 23.8 Å². The normalized spacial score (nSPS) is 24.7. The fraction of sp³-hybridized carbons (Fsp3) is 0.471. The Kier molecular flexibility index (Phi) is 7.99. The maximum Gasteiger partial charge on any atom is 0.319 e. The molecule has 2 N–H and O–H groups in total. The molecule has 10 heteroatoms. The smallest absolute Gasteiger partial charge is 0.319 e. The van der Waals surface area contributed by atoms with E-state index >= 15 is 4.39 Å². The van der Waals surface area contributed by atoms with Crippen LogP contribution < -0.4 is 15.0 Å². The Morgan fingerprint density at radius 2 is 1.77 bits per heavy atom. The average molecular weight is 620 g/mol. The minimum absolute atomic E-state index is 0.0380. The number of fused-ring (bicyclic) bond motifs is 4. The van der Waals surface area contributed by atoms with Crippen molar-refractivity contribution in [2.24, 2.45) is 5.92 Å². The van der Waals surface area contributed by atoms with E-state index in [0.29, 0.717) is 35.5 Å². The zero-order valence-corrected chi connectivity index (χ0v) is 26.1. The Hall–Kier alpha value is -3.24. The Balaban J connectivity index is 1.27. The summed E-state index contributed by atoms with van der Waals surface area (Å²) in [6.07, 6.45) is 2.60. The third-order valence-corrected chi connectivity index (χ3v) is 9.33. The summed E-state index contributed by atoms with van der Waals surface area (Å²) < 4.78 is 28.9. The maximum atomic E-state index is 16.8. The van der Waals surface area contributed by atoms with Crippen molar-refractivity contribution >= 4 is 39.1 Å². The van der Waals surface area contributed by atoms with E-state index in [4.69, 9.17) is 26.1 Å². The molecular weight excluding hydrogens is 581 g/mol. The molecular formula is C34H39ClFN5O3. The molecule has 4 aromatic rings. The summed E-state index contributed by atoms with van der Waals surface area (Å²) in [6.45, 7) is 10.9. The van der Waals surface area contributed by atoms with Gasteiger partial charge >= 0.3 is 6.01 Å². The van der Waals surface area contributed by atoms with Crippen molar-refractivity contribution < 1.29 is 19.0 Å². The fourth-order valence-corrected chi connectivity index (χ4v) is 7.62. The molecule has 44 heavy (non-hydrogen) atoms. The van der Waals surface area contributed by atoms with Crippen LogP contribution in [0.3, 0.4) is 0 Å². The molecule has 4 heterocycles. The second kappa shape index (κ2) is 11.9. The van der Waals surface area contributed by atoms with Gasteiger partial charge in [0.15, 0.2) is 5.82 Å². The molecule has 232 valence electrons. The maximum absolute atomic E-state index is 16.8. The number of hydrogen-bond acceptors (Lipinski definition) is 8. The number of aromatic hydroxyl groups is 1. The lowest BCUT2D eigenvalue weighted by molar-refractivity contribution is -0.0720. The highest BCUT2D eigenvalue weighted by Crippen LogP contribution is 2.43. The Morgan fingerprint density at radius 3 is 2.52 bits per heavy atom. The zero-order valence-electron chi connectivity index (χ0n) is 25.4. The molecule has 3 saturated heterocycles. The van der Waals surface area contributed by atoms with Crippen LogP contribution in [-0.2, 0) is 4.74 Å². The summed E-state index contributed by atoms with van der Waals surface area (Å²) >= 11 is 6.88. The molecule has 0 radical (unpaired) electrons. The van der Waals surface area contributed by atoms with E-state index in [9.17, 15) is 5.11 Å². The van der Waals surface area contributed by atoms with Gasteiger partial charge in [0.25, 0.3) is 0 Å². The molecule has 0 saturated carbocycles. The molecule has 3 aliphatic heterocycles. The second-order valence-corrected chi connectivity index (χ2v) is 13.3. The molecule has 3 aliphatic rings. The van der Waals surface area contributed by atoms with E-state index < -0.39 is 5.82 Å². The molecule has 2 unspecified atom stereocenters. The minimum Gasteiger partial charge on any atom is -0.508 e. The number of aromatic nitrogens is 2. The first-order valence-corrected chi connectivity index (χ1v) is 16.0. The van der Waals surface area contributed by atoms with Gasteiger partial charge in [-0.3, -0.25) is 4.90 Å². The summed E-state index contributed by atoms with van der Waals surface area (Å²) in [4.78, 5) is 14.2. The number of nitrogens with one attached hydrogen (secondary N) is 1. The molecule has 3 fully saturated rings.